The van der Waals surface area contributed by atoms with Crippen LogP contribution >= 0.6 is 0 Å². The summed E-state index contributed by atoms with van der Waals surface area (Å²) in [6.45, 7) is 4.63. The zero-order chi connectivity index (χ0) is 10.3. The predicted octanol–water partition coefficient (Wildman–Crippen LogP) is 4.63. The molecule has 0 aromatic carbocycles. The number of hydrogen-bond donors (Lipinski definition) is 0. The van der Waals surface area contributed by atoms with Gasteiger partial charge in [-0.2, -0.15) is 0 Å². The molecule has 0 atom stereocenters. The summed E-state index contributed by atoms with van der Waals surface area (Å²) < 4.78 is 8.44. The summed E-state index contributed by atoms with van der Waals surface area (Å²) in [6.07, 6.45) is 11.7. The molecule has 0 saturated heterocycles. The van der Waals surface area contributed by atoms with E-state index in [0.717, 1.165) is 0 Å². The van der Waals surface area contributed by atoms with Gasteiger partial charge in [-0.3, -0.25) is 0 Å². The Kier molecular flexibility index (Phi) is 5.91. The molecule has 1 aliphatic rings. The molecule has 1 heteroatoms. The van der Waals surface area contributed by atoms with E-state index in [1.807, 2.05) is 0 Å². The average Bonchev–Trinajstić information content (AvgIpc) is 2.25. The molecule has 1 aliphatic heterocycles. The van der Waals surface area contributed by atoms with Gasteiger partial charge < -0.3 is 0 Å². The molecule has 0 spiro atoms. The van der Waals surface area contributed by atoms with E-state index < -0.39 is 18.4 Å². The molecule has 0 fully saturated rings. The molecule has 80 valence electrons. The zero-order valence-electron chi connectivity index (χ0n) is 9.76. The molecule has 0 unspecified atom stereocenters. The van der Waals surface area contributed by atoms with Crippen LogP contribution in [0.5, 0.6) is 0 Å². The van der Waals surface area contributed by atoms with Crippen LogP contribution in [0.3, 0.4) is 0 Å². The fourth-order valence-electron chi connectivity index (χ4n) is 2.21. The Morgan fingerprint density at radius 2 is 1.43 bits per heavy atom. The summed E-state index contributed by atoms with van der Waals surface area (Å²) in [5.74, 6) is 0. The fraction of sp³-hybridized carbons (Fsp3) is 0.692. The normalized spacial score (nSPS) is 18.7. The minimum absolute atomic E-state index is 1.19. The van der Waals surface area contributed by atoms with Crippen LogP contribution in [0.15, 0.2) is 20.3 Å². The van der Waals surface area contributed by atoms with E-state index in [1.54, 1.807) is 8.87 Å². The van der Waals surface area contributed by atoms with E-state index in [-0.39, 0.29) is 0 Å². The number of allylic oxidation sites excluding steroid dienone is 2. The van der Waals surface area contributed by atoms with Gasteiger partial charge in [0.25, 0.3) is 0 Å². The van der Waals surface area contributed by atoms with Crippen LogP contribution in [0.1, 0.15) is 46.0 Å². The summed E-state index contributed by atoms with van der Waals surface area (Å²) >= 11 is -1.86. The van der Waals surface area contributed by atoms with Crippen molar-refractivity contribution in [1.82, 2.24) is 0 Å². The van der Waals surface area contributed by atoms with Crippen LogP contribution in [0.2, 0.25) is 8.87 Å². The van der Waals surface area contributed by atoms with E-state index in [0.29, 0.717) is 0 Å². The van der Waals surface area contributed by atoms with E-state index in [2.05, 4.69) is 34.2 Å². The molecule has 0 aromatic rings. The zero-order valence-corrected chi connectivity index (χ0v) is 12.6. The summed E-state index contributed by atoms with van der Waals surface area (Å²) in [6, 6.07) is 0. The van der Waals surface area contributed by atoms with Gasteiger partial charge in [0, 0.05) is 0 Å². The van der Waals surface area contributed by atoms with E-state index in [9.17, 15) is 0 Å². The Morgan fingerprint density at radius 1 is 0.929 bits per heavy atom. The number of rotatable bonds is 6. The van der Waals surface area contributed by atoms with Crippen molar-refractivity contribution in [2.75, 3.05) is 0 Å². The first-order valence-corrected chi connectivity index (χ1v) is 13.5. The Labute approximate surface area is 93.4 Å². The monoisotopic (exact) mass is 300 g/mol. The Hall–Kier alpha value is 0.279. The second kappa shape index (κ2) is 6.71. The van der Waals surface area contributed by atoms with Gasteiger partial charge in [-0.05, 0) is 0 Å². The maximum atomic E-state index is 2.67. The molecule has 0 N–H and O–H groups in total. The van der Waals surface area contributed by atoms with Crippen molar-refractivity contribution in [3.05, 3.63) is 20.3 Å². The summed E-state index contributed by atoms with van der Waals surface area (Å²) in [4.78, 5) is 0. The summed E-state index contributed by atoms with van der Waals surface area (Å²) in [5.41, 5.74) is 0. The van der Waals surface area contributed by atoms with Crippen LogP contribution in [-0.4, -0.2) is 18.4 Å². The van der Waals surface area contributed by atoms with Crippen molar-refractivity contribution in [3.8, 4) is 0 Å². The Morgan fingerprint density at radius 3 is 1.86 bits per heavy atom. The van der Waals surface area contributed by atoms with E-state index in [4.69, 9.17) is 0 Å². The molecule has 1 heterocycles. The van der Waals surface area contributed by atoms with Gasteiger partial charge >= 0.3 is 93.5 Å². The van der Waals surface area contributed by atoms with Crippen molar-refractivity contribution in [2.24, 2.45) is 0 Å². The molecular weight excluding hydrogens is 275 g/mol. The van der Waals surface area contributed by atoms with Crippen LogP contribution in [-0.2, 0) is 0 Å². The van der Waals surface area contributed by atoms with Crippen molar-refractivity contribution >= 4 is 18.4 Å². The van der Waals surface area contributed by atoms with E-state index in [1.165, 1.54) is 32.1 Å². The molecular formula is C13H24Sn. The van der Waals surface area contributed by atoms with Crippen LogP contribution < -0.4 is 0 Å². The van der Waals surface area contributed by atoms with Crippen molar-refractivity contribution < 1.29 is 0 Å². The quantitative estimate of drug-likeness (QED) is 0.627. The molecule has 0 aliphatic carbocycles. The molecule has 14 heavy (non-hydrogen) atoms. The topological polar surface area (TPSA) is 0 Å². The van der Waals surface area contributed by atoms with E-state index >= 15 is 0 Å². The minimum atomic E-state index is -1.86. The molecule has 1 rings (SSSR count). The van der Waals surface area contributed by atoms with Crippen molar-refractivity contribution in [3.63, 3.8) is 0 Å². The van der Waals surface area contributed by atoms with Gasteiger partial charge in [-0.25, -0.2) is 0 Å². The second-order valence-electron chi connectivity index (χ2n) is 4.48. The molecule has 0 aromatic heterocycles. The molecule has 0 nitrogen and oxygen atoms in total. The first-order valence-electron chi connectivity index (χ1n) is 6.18. The van der Waals surface area contributed by atoms with Gasteiger partial charge in [0.15, 0.2) is 0 Å². The van der Waals surface area contributed by atoms with Gasteiger partial charge in [-0.1, -0.05) is 0 Å². The third kappa shape index (κ3) is 3.80. The average molecular weight is 299 g/mol. The number of unbranched alkanes of at least 4 members (excludes halogenated alkanes) is 2. The van der Waals surface area contributed by atoms with Crippen LogP contribution in [0.25, 0.3) is 0 Å². The van der Waals surface area contributed by atoms with Gasteiger partial charge in [0.1, 0.15) is 0 Å². The van der Waals surface area contributed by atoms with Crippen LogP contribution in [0.4, 0.5) is 0 Å². The molecule has 0 bridgehead atoms. The van der Waals surface area contributed by atoms with Crippen molar-refractivity contribution in [1.29, 1.82) is 0 Å². The summed E-state index contributed by atoms with van der Waals surface area (Å²) in [5, 5.41) is 0. The van der Waals surface area contributed by atoms with Crippen LogP contribution in [0, 0.1) is 0 Å². The molecule has 0 amide bonds. The van der Waals surface area contributed by atoms with Gasteiger partial charge in [0.05, 0.1) is 0 Å². The molecule has 0 radical (unpaired) electrons. The standard InChI is InChI=1S/C5H6.2C4H9.Sn/c1-3-5-4-2;2*1-3-4-2;/h1-4H,5H2;2*1,3-4H2,2H3;. The summed E-state index contributed by atoms with van der Waals surface area (Å²) in [7, 11) is 0. The predicted molar refractivity (Wildman–Crippen MR) is 68.1 cm³/mol. The van der Waals surface area contributed by atoms with Gasteiger partial charge in [0.2, 0.25) is 0 Å². The first-order chi connectivity index (χ1) is 6.83. The molecule has 0 saturated carbocycles. The third-order valence-corrected chi connectivity index (χ3v) is 15.6. The maximum absolute atomic E-state index is 2.67. The Balaban J connectivity index is 2.53. The Bertz CT molecular complexity index is 181. The van der Waals surface area contributed by atoms with Gasteiger partial charge in [-0.15, -0.1) is 0 Å². The second-order valence-corrected chi connectivity index (χ2v) is 16.3. The third-order valence-electron chi connectivity index (χ3n) is 3.16. The SMILES string of the molecule is CCC[CH2][Sn]1([CH2]CCC)[CH]=CCC=[CH]1. The fourth-order valence-corrected chi connectivity index (χ4v) is 14.4. The first kappa shape index (κ1) is 12.3. The van der Waals surface area contributed by atoms with Crippen molar-refractivity contribution in [2.45, 2.75) is 54.8 Å². The number of hydrogen-bond acceptors (Lipinski definition) is 0.